The Morgan fingerprint density at radius 2 is 0.730 bits per heavy atom. The third-order valence-corrected chi connectivity index (χ3v) is 14.0. The zero-order chi connectivity index (χ0) is 70.0. The molecule has 7 rings (SSSR count). The molecule has 0 aliphatic rings. The summed E-state index contributed by atoms with van der Waals surface area (Å²) in [6.07, 6.45) is 5.58. The zero-order valence-electron chi connectivity index (χ0n) is 60.1. The minimum atomic E-state index is -3.11. The van der Waals surface area contributed by atoms with Crippen molar-refractivity contribution in [3.05, 3.63) is 258 Å². The van der Waals surface area contributed by atoms with Crippen molar-refractivity contribution >= 4 is 25.3 Å². The number of hydrogen-bond acceptors (Lipinski definition) is 15. The Bertz CT molecular complexity index is 2900. The average molecular weight is 1440 g/mol. The maximum Gasteiger partial charge on any atom is 1.00 e. The van der Waals surface area contributed by atoms with Crippen LogP contribution in [0, 0.1) is 64.6 Å². The van der Waals surface area contributed by atoms with E-state index in [9.17, 15) is 20.1 Å². The summed E-state index contributed by atoms with van der Waals surface area (Å²) in [6, 6.07) is 72.5. The number of carbonyl (C=O) groups excluding carboxylic acids is 1. The van der Waals surface area contributed by atoms with E-state index in [-0.39, 0.29) is 181 Å². The van der Waals surface area contributed by atoms with E-state index in [1.807, 2.05) is 204 Å². The van der Waals surface area contributed by atoms with Gasteiger partial charge in [0.05, 0.1) is 24.9 Å². The molecule has 7 aromatic rings. The number of benzene rings is 7. The van der Waals surface area contributed by atoms with E-state index in [4.69, 9.17) is 56.5 Å². The molecular formula is C80H124BFKN5NaO10S. The molecule has 0 spiro atoms. The molecule has 0 aliphatic carbocycles. The van der Waals surface area contributed by atoms with E-state index in [0.717, 1.165) is 63.3 Å². The average Bonchev–Trinajstić information content (AvgIpc) is 0.968. The molecule has 0 bridgehead atoms. The first-order chi connectivity index (χ1) is 44.6. The van der Waals surface area contributed by atoms with Crippen molar-refractivity contribution in [3.8, 4) is 6.07 Å². The van der Waals surface area contributed by atoms with Crippen LogP contribution >= 0.6 is 0 Å². The molecule has 7 aromatic carbocycles. The van der Waals surface area contributed by atoms with Crippen LogP contribution in [0.2, 0.25) is 0 Å². The van der Waals surface area contributed by atoms with Gasteiger partial charge in [-0.25, -0.2) is 0 Å². The smallest absolute Gasteiger partial charge is 1.00 e. The van der Waals surface area contributed by atoms with Crippen molar-refractivity contribution in [2.45, 2.75) is 147 Å². The van der Waals surface area contributed by atoms with Crippen LogP contribution in [0.5, 0.6) is 0 Å². The normalized spacial score (nSPS) is 12.3. The third kappa shape index (κ3) is 66.3. The first-order valence-electron chi connectivity index (χ1n) is 31.8. The molecule has 547 valence electrons. The van der Waals surface area contributed by atoms with Crippen LogP contribution in [0.15, 0.2) is 212 Å². The number of nitriles is 1. The van der Waals surface area contributed by atoms with Crippen molar-refractivity contribution in [1.82, 2.24) is 5.32 Å². The number of halogens is 1. The second-order valence-corrected chi connectivity index (χ2v) is 24.0. The Kier molecular flexibility index (Phi) is 87.1. The summed E-state index contributed by atoms with van der Waals surface area (Å²) in [5, 5.41) is 73.0. The van der Waals surface area contributed by atoms with Crippen LogP contribution in [-0.4, -0.2) is 122 Å². The van der Waals surface area contributed by atoms with Gasteiger partial charge in [-0.3, -0.25) is 4.70 Å². The Hall–Kier alpha value is -4.92. The van der Waals surface area contributed by atoms with Gasteiger partial charge in [-0.1, -0.05) is 290 Å². The molecule has 100 heavy (non-hydrogen) atoms. The van der Waals surface area contributed by atoms with Crippen LogP contribution in [0.3, 0.4) is 0 Å². The van der Waals surface area contributed by atoms with Gasteiger partial charge in [0.15, 0.2) is 0 Å². The first-order valence-corrected chi connectivity index (χ1v) is 32.8. The molecule has 0 aliphatic heterocycles. The molecule has 0 heterocycles. The van der Waals surface area contributed by atoms with E-state index in [1.54, 1.807) is 0 Å². The Balaban J connectivity index is -0.000000103. The fourth-order valence-electron chi connectivity index (χ4n) is 8.60. The second-order valence-electron chi connectivity index (χ2n) is 23.6. The quantitative estimate of drug-likeness (QED) is 0.0116. The Morgan fingerprint density at radius 3 is 0.970 bits per heavy atom. The van der Waals surface area contributed by atoms with Crippen LogP contribution in [0.1, 0.15) is 119 Å². The molecule has 0 fully saturated rings. The van der Waals surface area contributed by atoms with Gasteiger partial charge >= 0.3 is 91.6 Å². The van der Waals surface area contributed by atoms with Crippen molar-refractivity contribution in [1.29, 1.82) is 10.5 Å². The summed E-state index contributed by atoms with van der Waals surface area (Å²) >= 11 is 0. The fraction of sp³-hybridized carbons (Fsp3) is 0.438. The first kappa shape index (κ1) is 114. The van der Waals surface area contributed by atoms with E-state index < -0.39 is 16.7 Å². The van der Waals surface area contributed by atoms with E-state index >= 15 is 0 Å². The van der Waals surface area contributed by atoms with Crippen LogP contribution in [0.25, 0.3) is 0 Å². The van der Waals surface area contributed by atoms with Gasteiger partial charge in [0, 0.05) is 48.1 Å². The minimum Gasteiger partial charge on any atom is -1.00 e. The number of nitrogens with two attached hydrogens (primary N) is 2. The van der Waals surface area contributed by atoms with Gasteiger partial charge in [-0.2, -0.15) is 5.26 Å². The molecule has 20 heteroatoms. The molecule has 0 saturated heterocycles. The van der Waals surface area contributed by atoms with Gasteiger partial charge in [-0.05, 0) is 126 Å². The number of hydrogen-bond donors (Lipinski definition) is 9. The van der Waals surface area contributed by atoms with E-state index in [0.29, 0.717) is 30.8 Å². The number of aliphatic hydroxyl groups is 6. The predicted octanol–water partition coefficient (Wildman–Crippen LogP) is 6.87. The van der Waals surface area contributed by atoms with Crippen molar-refractivity contribution in [2.75, 3.05) is 39.5 Å². The van der Waals surface area contributed by atoms with Crippen LogP contribution < -0.4 is 97.7 Å². The maximum absolute atomic E-state index is 10.3. The van der Waals surface area contributed by atoms with Crippen molar-refractivity contribution < 1.29 is 137 Å². The van der Waals surface area contributed by atoms with Crippen molar-refractivity contribution in [3.63, 3.8) is 0 Å². The number of rotatable bonds is 26. The summed E-state index contributed by atoms with van der Waals surface area (Å²) in [5.74, 6) is 2.02. The molecule has 0 aromatic heterocycles. The fourth-order valence-corrected chi connectivity index (χ4v) is 8.60. The third-order valence-electron chi connectivity index (χ3n) is 14.0. The predicted molar refractivity (Wildman–Crippen MR) is 408 cm³/mol. The molecule has 11 N–H and O–H groups in total. The molecule has 0 unspecified atom stereocenters. The molecular weight excluding hydrogens is 1310 g/mol. The minimum absolute atomic E-state index is 0. The van der Waals surface area contributed by atoms with Gasteiger partial charge in [0.1, 0.15) is 12.4 Å². The summed E-state index contributed by atoms with van der Waals surface area (Å²) in [7, 11) is -3.11. The van der Waals surface area contributed by atoms with Gasteiger partial charge in [0.25, 0.3) is 0 Å². The van der Waals surface area contributed by atoms with Crippen molar-refractivity contribution in [2.24, 2.45) is 52.9 Å². The summed E-state index contributed by atoms with van der Waals surface area (Å²) < 4.78 is 25.3. The number of aliphatic hydroxyl groups excluding tert-OH is 6. The maximum atomic E-state index is 10.3. The van der Waals surface area contributed by atoms with Crippen LogP contribution in [-0.2, 0) is 60.3 Å². The molecule has 10 atom stereocenters. The van der Waals surface area contributed by atoms with E-state index in [2.05, 4.69) is 74.6 Å². The second kappa shape index (κ2) is 76.7. The molecule has 3 radical (unpaired) electrons. The SMILES string of the molecule is C.C.C.CC(C)CNC[C@@H](O)[C@@H](C)Cc1ccccc1.C[C@@H](Cc1ccccc1)[C@H](O)C#N.C[C@@H](Cc1ccccc1)[C@H](O)CN.C[C@H](C=O)Cc1ccccc1.C[C@H](CO)Cc1ccccc1.C[C@H](CO)Cc1ccccc1.F.N[C@H](CO)Cc1ccccc1.O=S(=O)=O.[3HH].[B].[C-]#N.[H-].[K+].[Na+]. The number of aldehydes is 1. The van der Waals surface area contributed by atoms with Gasteiger partial charge in [-0.15, -0.1) is 12.6 Å². The van der Waals surface area contributed by atoms with Gasteiger partial charge in [0.2, 0.25) is 0 Å². The topological polar surface area (TPSA) is 301 Å². The molecule has 0 amide bonds. The molecule has 15 nitrogen and oxygen atoms in total. The standard InChI is InChI=1S/C15H25NO.C11H17NO.C11H13NO.2C10H14O.C10H12O.C9H13NO.CN.3CH4.B.FH.K.Na.O3S.H2.H/c1-12(2)10-16-11-15(17)13(3)9-14-7-5-4-6-8-14;2*1-9(11(13)8-12)7-10-5-3-2-4-6-10;3*1-9(8-11)7-10-5-3-2-4-6-10;10-9(7-11)6-8-4-2-1-3-5-8;1-2;;;;;;;;1-4(2)3;;/h4-8,12-13,15-17H,9-11H2,1-3H3;2-6,9,11,13H,7-8,12H2,1H3;2-6,9,11,13H,7H2,1H3;2*2-6,9,11H,7-8H2,1H3;2-6,8-9H,7H2,1H3;1-5,9,11H,6-7,10H2;;3*1H4;;1H;;;;1H;/q;;;;;;;-1;;;;;;2*+1;;;-1/t13-,15+;2*9-,11+;4*9-;;;;;;;;;;;/m0000000.........../s1/i;;;;;;;;;;;;;;;;1+2;. The summed E-state index contributed by atoms with van der Waals surface area (Å²) in [5.41, 5.74) is 19.6. The number of carbonyl (C=O) groups is 1. The zero-order valence-corrected chi connectivity index (χ0v) is 65.0. The number of nitrogens with zero attached hydrogens (tertiary/aromatic N) is 2. The Morgan fingerprint density at radius 1 is 0.480 bits per heavy atom. The number of nitrogens with one attached hydrogen (secondary N) is 1. The largest absolute Gasteiger partial charge is 1.00 e. The van der Waals surface area contributed by atoms with E-state index in [1.165, 1.54) is 33.4 Å². The Labute approximate surface area is 674 Å². The summed E-state index contributed by atoms with van der Waals surface area (Å²) in [4.78, 5) is 10.3. The monoisotopic (exact) mass is 1440 g/mol. The summed E-state index contributed by atoms with van der Waals surface area (Å²) in [6.45, 7) is 23.7. The van der Waals surface area contributed by atoms with Crippen LogP contribution in [0.4, 0.5) is 4.70 Å². The van der Waals surface area contributed by atoms with Gasteiger partial charge < -0.3 is 65.5 Å². The molecule has 0 saturated carbocycles.